The number of aryl methyl sites for hydroxylation is 2. The minimum atomic E-state index is -3.75. The second-order valence-electron chi connectivity index (χ2n) is 9.40. The van der Waals surface area contributed by atoms with E-state index in [1.54, 1.807) is 12.1 Å². The summed E-state index contributed by atoms with van der Waals surface area (Å²) in [5, 5.41) is 5.80. The Hall–Kier alpha value is -3.23. The smallest absolute Gasteiger partial charge is 0.261 e. The number of sulfonamides is 1. The predicted molar refractivity (Wildman–Crippen MR) is 151 cm³/mol. The maximum atomic E-state index is 12.9. The third kappa shape index (κ3) is 7.15. The number of nitrogens with one attached hydrogen (secondary N) is 3. The third-order valence-corrected chi connectivity index (χ3v) is 7.46. The van der Waals surface area contributed by atoms with Gasteiger partial charge in [0, 0.05) is 5.69 Å². The normalized spacial score (nSPS) is 12.2. The third-order valence-electron chi connectivity index (χ3n) is 5.89. The first-order chi connectivity index (χ1) is 17.0. The van der Waals surface area contributed by atoms with Gasteiger partial charge in [0.2, 0.25) is 5.91 Å². The van der Waals surface area contributed by atoms with Gasteiger partial charge in [-0.2, -0.15) is 0 Å². The molecule has 0 radical (unpaired) electrons. The van der Waals surface area contributed by atoms with Crippen LogP contribution in [0.1, 0.15) is 48.9 Å². The molecule has 0 saturated carbocycles. The zero-order chi connectivity index (χ0) is 26.5. The molecule has 0 aliphatic rings. The first-order valence-electron chi connectivity index (χ1n) is 11.9. The molecule has 3 aromatic rings. The van der Waals surface area contributed by atoms with Crippen LogP contribution in [0.15, 0.2) is 71.6 Å². The number of benzene rings is 3. The zero-order valence-electron chi connectivity index (χ0n) is 21.3. The van der Waals surface area contributed by atoms with Crippen LogP contribution in [0.3, 0.4) is 0 Å². The molecule has 0 heterocycles. The fraction of sp³-hybridized carbons (Fsp3) is 0.286. The molecule has 0 bridgehead atoms. The highest BCUT2D eigenvalue weighted by atomic mass is 32.2. The van der Waals surface area contributed by atoms with Crippen molar-refractivity contribution < 1.29 is 13.2 Å². The summed E-state index contributed by atoms with van der Waals surface area (Å²) in [6, 6.07) is 19.9. The van der Waals surface area contributed by atoms with Crippen molar-refractivity contribution in [1.82, 2.24) is 5.32 Å². The summed E-state index contributed by atoms with van der Waals surface area (Å²) in [5.41, 5.74) is 4.99. The van der Waals surface area contributed by atoms with E-state index in [1.807, 2.05) is 51.1 Å². The summed E-state index contributed by atoms with van der Waals surface area (Å²) in [6.45, 7) is 9.89. The van der Waals surface area contributed by atoms with Gasteiger partial charge in [-0.3, -0.25) is 9.52 Å². The lowest BCUT2D eigenvalue weighted by Gasteiger charge is -2.16. The number of para-hydroxylation sites is 1. The lowest BCUT2D eigenvalue weighted by atomic mass is 9.96. The van der Waals surface area contributed by atoms with E-state index in [-0.39, 0.29) is 21.8 Å². The first kappa shape index (κ1) is 27.4. The Morgan fingerprint density at radius 3 is 2.03 bits per heavy atom. The van der Waals surface area contributed by atoms with E-state index >= 15 is 0 Å². The van der Waals surface area contributed by atoms with Gasteiger partial charge in [0.05, 0.1) is 16.5 Å². The standard InChI is InChI=1S/C28H33N3O3S2/c1-18(2)17-22-9-11-23(12-10-22)21(5)27(32)30-28(35)29-24-13-15-25(16-14-24)36(33,34)31-26-19(3)7-6-8-20(26)4/h6-16,18,21,31H,17H2,1-5H3,(H2,29,30,32,35). The molecule has 0 aliphatic carbocycles. The molecular weight excluding hydrogens is 490 g/mol. The molecule has 3 N–H and O–H groups in total. The molecule has 190 valence electrons. The number of hydrogen-bond acceptors (Lipinski definition) is 4. The summed E-state index contributed by atoms with van der Waals surface area (Å²) in [5.74, 6) is -0.0230. The summed E-state index contributed by atoms with van der Waals surface area (Å²) >= 11 is 5.30. The zero-order valence-corrected chi connectivity index (χ0v) is 22.9. The van der Waals surface area contributed by atoms with Crippen LogP contribution >= 0.6 is 12.2 Å². The lowest BCUT2D eigenvalue weighted by molar-refractivity contribution is -0.120. The molecule has 0 spiro atoms. The summed E-state index contributed by atoms with van der Waals surface area (Å²) < 4.78 is 28.4. The van der Waals surface area contributed by atoms with Crippen molar-refractivity contribution in [3.8, 4) is 0 Å². The average molecular weight is 524 g/mol. The van der Waals surface area contributed by atoms with Crippen LogP contribution in [0.5, 0.6) is 0 Å². The van der Waals surface area contributed by atoms with Crippen molar-refractivity contribution in [3.05, 3.63) is 89.0 Å². The highest BCUT2D eigenvalue weighted by Crippen LogP contribution is 2.24. The van der Waals surface area contributed by atoms with Crippen LogP contribution in [0, 0.1) is 19.8 Å². The molecule has 3 rings (SSSR count). The molecule has 1 atom stereocenters. The Bertz CT molecular complexity index is 1310. The second-order valence-corrected chi connectivity index (χ2v) is 11.5. The molecule has 0 saturated heterocycles. The average Bonchev–Trinajstić information content (AvgIpc) is 2.81. The Balaban J connectivity index is 1.60. The van der Waals surface area contributed by atoms with Crippen molar-refractivity contribution in [2.45, 2.75) is 51.9 Å². The highest BCUT2D eigenvalue weighted by molar-refractivity contribution is 7.92. The van der Waals surface area contributed by atoms with E-state index < -0.39 is 10.0 Å². The monoisotopic (exact) mass is 523 g/mol. The van der Waals surface area contributed by atoms with Gasteiger partial charge in [-0.1, -0.05) is 56.3 Å². The Morgan fingerprint density at radius 1 is 0.889 bits per heavy atom. The number of anilines is 2. The van der Waals surface area contributed by atoms with E-state index in [9.17, 15) is 13.2 Å². The topological polar surface area (TPSA) is 87.3 Å². The second kappa shape index (κ2) is 11.7. The van der Waals surface area contributed by atoms with E-state index in [0.29, 0.717) is 17.3 Å². The molecule has 3 aromatic carbocycles. The molecule has 36 heavy (non-hydrogen) atoms. The van der Waals surface area contributed by atoms with Crippen molar-refractivity contribution >= 4 is 44.6 Å². The molecule has 8 heteroatoms. The van der Waals surface area contributed by atoms with E-state index in [2.05, 4.69) is 41.3 Å². The minimum absolute atomic E-state index is 0.125. The Morgan fingerprint density at radius 2 is 1.47 bits per heavy atom. The molecule has 6 nitrogen and oxygen atoms in total. The summed E-state index contributed by atoms with van der Waals surface area (Å²) in [4.78, 5) is 12.8. The Kier molecular flexibility index (Phi) is 8.87. The van der Waals surface area contributed by atoms with Gasteiger partial charge in [-0.05, 0) is 91.8 Å². The summed E-state index contributed by atoms with van der Waals surface area (Å²) in [7, 11) is -3.75. The van der Waals surface area contributed by atoms with Crippen LogP contribution in [0.4, 0.5) is 11.4 Å². The Labute approximate surface area is 219 Å². The number of thiocarbonyl (C=S) groups is 1. The molecule has 1 amide bonds. The van der Waals surface area contributed by atoms with E-state index in [0.717, 1.165) is 23.1 Å². The number of hydrogen-bond donors (Lipinski definition) is 3. The fourth-order valence-corrected chi connectivity index (χ4v) is 5.26. The van der Waals surface area contributed by atoms with Gasteiger partial charge >= 0.3 is 0 Å². The van der Waals surface area contributed by atoms with Crippen LogP contribution in [0.25, 0.3) is 0 Å². The van der Waals surface area contributed by atoms with Crippen LogP contribution in [-0.2, 0) is 21.2 Å². The fourth-order valence-electron chi connectivity index (χ4n) is 3.83. The van der Waals surface area contributed by atoms with Gasteiger partial charge in [0.25, 0.3) is 10.0 Å². The predicted octanol–water partition coefficient (Wildman–Crippen LogP) is 5.92. The molecule has 0 fully saturated rings. The van der Waals surface area contributed by atoms with Crippen LogP contribution in [0.2, 0.25) is 0 Å². The van der Waals surface area contributed by atoms with Crippen LogP contribution < -0.4 is 15.4 Å². The van der Waals surface area contributed by atoms with Gasteiger partial charge in [0.15, 0.2) is 5.11 Å². The van der Waals surface area contributed by atoms with Crippen molar-refractivity contribution in [2.24, 2.45) is 5.92 Å². The van der Waals surface area contributed by atoms with Gasteiger partial charge in [-0.25, -0.2) is 8.42 Å². The van der Waals surface area contributed by atoms with Gasteiger partial charge < -0.3 is 10.6 Å². The van der Waals surface area contributed by atoms with Crippen molar-refractivity contribution in [2.75, 3.05) is 10.0 Å². The van der Waals surface area contributed by atoms with Gasteiger partial charge in [-0.15, -0.1) is 0 Å². The van der Waals surface area contributed by atoms with E-state index in [1.165, 1.54) is 17.7 Å². The molecule has 0 aliphatic heterocycles. The number of amides is 1. The first-order valence-corrected chi connectivity index (χ1v) is 13.7. The SMILES string of the molecule is Cc1cccc(C)c1NS(=O)(=O)c1ccc(NC(=S)NC(=O)C(C)c2ccc(CC(C)C)cc2)cc1. The van der Waals surface area contributed by atoms with Crippen molar-refractivity contribution in [1.29, 1.82) is 0 Å². The maximum absolute atomic E-state index is 12.9. The van der Waals surface area contributed by atoms with Crippen LogP contribution in [-0.4, -0.2) is 19.4 Å². The molecule has 1 unspecified atom stereocenters. The summed E-state index contributed by atoms with van der Waals surface area (Å²) in [6.07, 6.45) is 0.997. The number of carbonyl (C=O) groups is 1. The molecular formula is C28H33N3O3S2. The van der Waals surface area contributed by atoms with Gasteiger partial charge in [0.1, 0.15) is 0 Å². The quantitative estimate of drug-likeness (QED) is 0.319. The van der Waals surface area contributed by atoms with Crippen molar-refractivity contribution in [3.63, 3.8) is 0 Å². The number of carbonyl (C=O) groups excluding carboxylic acids is 1. The number of rotatable bonds is 8. The minimum Gasteiger partial charge on any atom is -0.332 e. The van der Waals surface area contributed by atoms with E-state index in [4.69, 9.17) is 12.2 Å². The maximum Gasteiger partial charge on any atom is 0.261 e. The molecule has 0 aromatic heterocycles. The highest BCUT2D eigenvalue weighted by Gasteiger charge is 2.18. The lowest BCUT2D eigenvalue weighted by Crippen LogP contribution is -2.36. The largest absolute Gasteiger partial charge is 0.332 e.